The number of rotatable bonds is 0. The maximum absolute atomic E-state index is 12.9. The van der Waals surface area contributed by atoms with Crippen molar-refractivity contribution in [1.29, 1.82) is 0 Å². The molecule has 2 rings (SSSR count). The fraction of sp³-hybridized carbons (Fsp3) is 0.111. The van der Waals surface area contributed by atoms with E-state index in [-0.39, 0.29) is 12.0 Å². The quantitative estimate of drug-likeness (QED) is 0.548. The van der Waals surface area contributed by atoms with E-state index < -0.39 is 28.9 Å². The van der Waals surface area contributed by atoms with Crippen molar-refractivity contribution in [2.24, 2.45) is 0 Å². The van der Waals surface area contributed by atoms with E-state index >= 15 is 0 Å². The first-order valence-corrected chi connectivity index (χ1v) is 3.62. The van der Waals surface area contributed by atoms with E-state index in [0.29, 0.717) is 0 Å². The number of allylic oxidation sites excluding steroid dienone is 1. The molecule has 0 nitrogen and oxygen atoms in total. The highest BCUT2D eigenvalue weighted by Crippen LogP contribution is 2.36. The Hall–Kier alpha value is -1.32. The van der Waals surface area contributed by atoms with E-state index in [1.54, 1.807) is 0 Å². The third-order valence-corrected chi connectivity index (χ3v) is 1.98. The van der Waals surface area contributed by atoms with Gasteiger partial charge in [0.25, 0.3) is 0 Å². The van der Waals surface area contributed by atoms with E-state index in [1.807, 2.05) is 0 Å². The summed E-state index contributed by atoms with van der Waals surface area (Å²) in [5.41, 5.74) is -0.425. The summed E-state index contributed by atoms with van der Waals surface area (Å²) in [5, 5.41) is 0. The molecule has 0 saturated heterocycles. The average Bonchev–Trinajstić information content (AvgIpc) is 2.37. The van der Waals surface area contributed by atoms with Gasteiger partial charge in [-0.3, -0.25) is 0 Å². The summed E-state index contributed by atoms with van der Waals surface area (Å²) in [4.78, 5) is 0. The Labute approximate surface area is 71.5 Å². The second kappa shape index (κ2) is 2.58. The fourth-order valence-electron chi connectivity index (χ4n) is 1.36. The zero-order chi connectivity index (χ0) is 9.59. The van der Waals surface area contributed by atoms with Gasteiger partial charge in [0.2, 0.25) is 0 Å². The van der Waals surface area contributed by atoms with Crippen molar-refractivity contribution in [2.75, 3.05) is 0 Å². The van der Waals surface area contributed by atoms with Gasteiger partial charge in [0.1, 0.15) is 5.83 Å². The molecule has 0 bridgehead atoms. The van der Waals surface area contributed by atoms with Crippen LogP contribution in [0.2, 0.25) is 0 Å². The molecule has 0 saturated carbocycles. The minimum absolute atomic E-state index is 0.147. The van der Waals surface area contributed by atoms with Crippen molar-refractivity contribution in [2.45, 2.75) is 6.42 Å². The molecule has 4 heteroatoms. The zero-order valence-electron chi connectivity index (χ0n) is 6.37. The van der Waals surface area contributed by atoms with Crippen molar-refractivity contribution >= 4 is 5.83 Å². The zero-order valence-corrected chi connectivity index (χ0v) is 6.37. The average molecular weight is 188 g/mol. The van der Waals surface area contributed by atoms with Crippen molar-refractivity contribution in [3.05, 3.63) is 40.7 Å². The van der Waals surface area contributed by atoms with Crippen molar-refractivity contribution in [3.63, 3.8) is 0 Å². The predicted molar refractivity (Wildman–Crippen MR) is 39.2 cm³/mol. The lowest BCUT2D eigenvalue weighted by molar-refractivity contribution is 0.502. The maximum Gasteiger partial charge on any atom is 0.169 e. The molecule has 1 aromatic carbocycles. The normalized spacial score (nSPS) is 15.1. The summed E-state index contributed by atoms with van der Waals surface area (Å²) in [5.74, 6) is -4.81. The van der Waals surface area contributed by atoms with Crippen LogP contribution in [0.5, 0.6) is 0 Å². The lowest BCUT2D eigenvalue weighted by Gasteiger charge is -2.00. The minimum Gasteiger partial charge on any atom is -0.208 e. The van der Waals surface area contributed by atoms with Crippen LogP contribution >= 0.6 is 0 Å². The van der Waals surface area contributed by atoms with Crippen LogP contribution < -0.4 is 0 Å². The van der Waals surface area contributed by atoms with Crippen molar-refractivity contribution in [3.8, 4) is 0 Å². The third-order valence-electron chi connectivity index (χ3n) is 1.98. The lowest BCUT2D eigenvalue weighted by Crippen LogP contribution is -1.92. The van der Waals surface area contributed by atoms with Gasteiger partial charge in [-0.15, -0.1) is 0 Å². The van der Waals surface area contributed by atoms with Gasteiger partial charge in [-0.2, -0.15) is 0 Å². The summed E-state index contributed by atoms with van der Waals surface area (Å²) in [6, 6.07) is 2.04. The molecule has 0 radical (unpaired) electrons. The van der Waals surface area contributed by atoms with Crippen LogP contribution in [0.1, 0.15) is 11.1 Å². The molecule has 68 valence electrons. The van der Waals surface area contributed by atoms with Crippen LogP contribution in [0.4, 0.5) is 17.6 Å². The van der Waals surface area contributed by atoms with Gasteiger partial charge in [-0.1, -0.05) is 6.07 Å². The standard InChI is InChI=1S/C9H4F4/c10-5-2-1-4-3-6(11)9(13)7(4)8(5)12/h1-2H,3H2. The van der Waals surface area contributed by atoms with Crippen LogP contribution in [0.25, 0.3) is 5.83 Å². The van der Waals surface area contributed by atoms with Crippen LogP contribution in [0.3, 0.4) is 0 Å². The molecular weight excluding hydrogens is 184 g/mol. The van der Waals surface area contributed by atoms with E-state index in [4.69, 9.17) is 0 Å². The molecular formula is C9H4F4. The Balaban J connectivity index is 2.71. The molecule has 0 atom stereocenters. The van der Waals surface area contributed by atoms with Gasteiger partial charge in [0, 0.05) is 6.42 Å². The molecule has 1 aliphatic carbocycles. The van der Waals surface area contributed by atoms with Crippen LogP contribution in [-0.2, 0) is 6.42 Å². The number of benzene rings is 1. The lowest BCUT2D eigenvalue weighted by atomic mass is 10.1. The highest BCUT2D eigenvalue weighted by Gasteiger charge is 2.27. The largest absolute Gasteiger partial charge is 0.208 e. The fourth-order valence-corrected chi connectivity index (χ4v) is 1.36. The van der Waals surface area contributed by atoms with Gasteiger partial charge >= 0.3 is 0 Å². The highest BCUT2D eigenvalue weighted by molar-refractivity contribution is 5.70. The summed E-state index contributed by atoms with van der Waals surface area (Å²) in [7, 11) is 0. The smallest absolute Gasteiger partial charge is 0.169 e. The molecule has 13 heavy (non-hydrogen) atoms. The first-order chi connectivity index (χ1) is 6.11. The molecule has 0 unspecified atom stereocenters. The second-order valence-electron chi connectivity index (χ2n) is 2.79. The van der Waals surface area contributed by atoms with E-state index in [9.17, 15) is 17.6 Å². The summed E-state index contributed by atoms with van der Waals surface area (Å²) in [6.45, 7) is 0. The molecule has 0 spiro atoms. The molecule has 0 heterocycles. The molecule has 0 aliphatic heterocycles. The molecule has 1 aromatic rings. The number of hydrogen-bond acceptors (Lipinski definition) is 0. The Morgan fingerprint density at radius 1 is 1.00 bits per heavy atom. The van der Waals surface area contributed by atoms with Gasteiger partial charge in [0.05, 0.1) is 5.56 Å². The first-order valence-electron chi connectivity index (χ1n) is 3.62. The Morgan fingerprint density at radius 2 is 1.69 bits per heavy atom. The number of fused-ring (bicyclic) bond motifs is 1. The Bertz CT molecular complexity index is 406. The topological polar surface area (TPSA) is 0 Å². The predicted octanol–water partition coefficient (Wildman–Crippen LogP) is 3.13. The summed E-state index contributed by atoms with van der Waals surface area (Å²) < 4.78 is 51.0. The minimum atomic E-state index is -1.32. The van der Waals surface area contributed by atoms with Crippen molar-refractivity contribution in [1.82, 2.24) is 0 Å². The monoisotopic (exact) mass is 188 g/mol. The maximum atomic E-state index is 12.9. The van der Waals surface area contributed by atoms with E-state index in [0.717, 1.165) is 6.07 Å². The molecule has 0 amide bonds. The van der Waals surface area contributed by atoms with Crippen LogP contribution in [0, 0.1) is 11.6 Å². The van der Waals surface area contributed by atoms with E-state index in [1.165, 1.54) is 6.07 Å². The number of halogens is 4. The summed E-state index contributed by atoms with van der Waals surface area (Å²) >= 11 is 0. The molecule has 0 aromatic heterocycles. The molecule has 0 fully saturated rings. The van der Waals surface area contributed by atoms with Crippen LogP contribution in [0.15, 0.2) is 18.0 Å². The highest BCUT2D eigenvalue weighted by atomic mass is 19.2. The Morgan fingerprint density at radius 3 is 2.38 bits per heavy atom. The van der Waals surface area contributed by atoms with Gasteiger partial charge in [0.15, 0.2) is 17.5 Å². The van der Waals surface area contributed by atoms with Crippen molar-refractivity contribution < 1.29 is 17.6 Å². The third kappa shape index (κ3) is 1.05. The van der Waals surface area contributed by atoms with Gasteiger partial charge in [-0.25, -0.2) is 17.6 Å². The number of hydrogen-bond donors (Lipinski definition) is 0. The SMILES string of the molecule is FC1=C(F)c2c(ccc(F)c2F)C1. The van der Waals surface area contributed by atoms with Crippen LogP contribution in [-0.4, -0.2) is 0 Å². The van der Waals surface area contributed by atoms with Gasteiger partial charge in [-0.05, 0) is 11.6 Å². The van der Waals surface area contributed by atoms with Gasteiger partial charge < -0.3 is 0 Å². The summed E-state index contributed by atoms with van der Waals surface area (Å²) in [6.07, 6.45) is -0.293. The molecule has 1 aliphatic rings. The molecule has 0 N–H and O–H groups in total. The van der Waals surface area contributed by atoms with E-state index in [2.05, 4.69) is 0 Å². The second-order valence-corrected chi connectivity index (χ2v) is 2.79. The first kappa shape index (κ1) is 8.29. The Kier molecular flexibility index (Phi) is 1.65.